The number of aryl methyl sites for hydroxylation is 1. The zero-order valence-electron chi connectivity index (χ0n) is 12.7. The molecule has 0 atom stereocenters. The average Bonchev–Trinajstić information content (AvgIpc) is 2.96. The van der Waals surface area contributed by atoms with Crippen LogP contribution in [0.4, 0.5) is 5.69 Å². The van der Waals surface area contributed by atoms with E-state index >= 15 is 0 Å². The Morgan fingerprint density at radius 2 is 1.87 bits per heavy atom. The number of fused-ring (bicyclic) bond motifs is 1. The molecule has 0 radical (unpaired) electrons. The van der Waals surface area contributed by atoms with Crippen LogP contribution >= 0.6 is 11.6 Å². The van der Waals surface area contributed by atoms with Crippen molar-refractivity contribution in [1.29, 1.82) is 0 Å². The monoisotopic (exact) mass is 326 g/mol. The molecule has 0 aliphatic carbocycles. The minimum Gasteiger partial charge on any atom is -0.211 e. The molecule has 0 saturated heterocycles. The van der Waals surface area contributed by atoms with E-state index in [2.05, 4.69) is 34.2 Å². The van der Waals surface area contributed by atoms with Gasteiger partial charge in [-0.05, 0) is 42.7 Å². The van der Waals surface area contributed by atoms with Crippen LogP contribution in [-0.2, 0) is 11.2 Å². The van der Waals surface area contributed by atoms with Gasteiger partial charge in [0.15, 0.2) is 0 Å². The third-order valence-electron chi connectivity index (χ3n) is 3.60. The smallest absolute Gasteiger partial charge is 0.211 e. The molecule has 0 saturated carbocycles. The van der Waals surface area contributed by atoms with E-state index in [1.807, 2.05) is 12.1 Å². The highest BCUT2D eigenvalue weighted by atomic mass is 35.5. The number of benzene rings is 2. The first-order chi connectivity index (χ1) is 11.2. The summed E-state index contributed by atoms with van der Waals surface area (Å²) in [4.78, 5) is 15.5. The van der Waals surface area contributed by atoms with Crippen LogP contribution in [-0.4, -0.2) is 21.1 Å². The Bertz CT molecular complexity index is 879. The van der Waals surface area contributed by atoms with E-state index in [1.54, 1.807) is 16.9 Å². The van der Waals surface area contributed by atoms with Gasteiger partial charge in [-0.25, -0.2) is 4.79 Å². The van der Waals surface area contributed by atoms with Crippen LogP contribution < -0.4 is 0 Å². The summed E-state index contributed by atoms with van der Waals surface area (Å²) in [5.41, 5.74) is 3.79. The molecule has 0 spiro atoms. The molecule has 0 unspecified atom stereocenters. The van der Waals surface area contributed by atoms with Gasteiger partial charge in [0.1, 0.15) is 11.0 Å². The zero-order valence-corrected chi connectivity index (χ0v) is 13.4. The van der Waals surface area contributed by atoms with Crippen molar-refractivity contribution in [1.82, 2.24) is 15.0 Å². The average molecular weight is 327 g/mol. The predicted molar refractivity (Wildman–Crippen MR) is 90.3 cm³/mol. The van der Waals surface area contributed by atoms with Gasteiger partial charge in [-0.1, -0.05) is 37.1 Å². The number of nitrogens with zero attached hydrogens (tertiary/aromatic N) is 4. The van der Waals surface area contributed by atoms with Crippen molar-refractivity contribution in [3.8, 4) is 5.69 Å². The third-order valence-corrected chi connectivity index (χ3v) is 3.90. The first-order valence-electron chi connectivity index (χ1n) is 7.45. The van der Waals surface area contributed by atoms with Gasteiger partial charge in [-0.15, -0.1) is 10.2 Å². The van der Waals surface area contributed by atoms with Gasteiger partial charge in [0, 0.05) is 0 Å². The minimum absolute atomic E-state index is 0.344. The van der Waals surface area contributed by atoms with E-state index in [-0.39, 0.29) is 0 Å². The number of aliphatic imine (C=N–C) groups is 1. The Kier molecular flexibility index (Phi) is 4.51. The second kappa shape index (κ2) is 6.73. The molecule has 0 amide bonds. The van der Waals surface area contributed by atoms with Crippen molar-refractivity contribution in [3.63, 3.8) is 0 Å². The summed E-state index contributed by atoms with van der Waals surface area (Å²) < 4.78 is 0. The SMILES string of the molecule is CCCCc1ccc(-n2nc3cc(Cl)c(N=C=O)cc3n2)cc1. The zero-order chi connectivity index (χ0) is 16.2. The summed E-state index contributed by atoms with van der Waals surface area (Å²) in [6, 6.07) is 11.4. The fourth-order valence-electron chi connectivity index (χ4n) is 2.35. The van der Waals surface area contributed by atoms with Gasteiger partial charge in [0.2, 0.25) is 6.08 Å². The van der Waals surface area contributed by atoms with Crippen LogP contribution in [0.25, 0.3) is 16.7 Å². The van der Waals surface area contributed by atoms with Gasteiger partial charge < -0.3 is 0 Å². The highest BCUT2D eigenvalue weighted by Gasteiger charge is 2.09. The van der Waals surface area contributed by atoms with Crippen LogP contribution in [0.1, 0.15) is 25.3 Å². The first-order valence-corrected chi connectivity index (χ1v) is 7.83. The number of carbonyl (C=O) groups excluding carboxylic acids is 1. The van der Waals surface area contributed by atoms with Crippen molar-refractivity contribution in [2.45, 2.75) is 26.2 Å². The molecule has 0 fully saturated rings. The molecule has 5 nitrogen and oxygen atoms in total. The van der Waals surface area contributed by atoms with Gasteiger partial charge in [0.25, 0.3) is 0 Å². The second-order valence-corrected chi connectivity index (χ2v) is 5.66. The Labute approximate surface area is 138 Å². The molecule has 0 aliphatic rings. The summed E-state index contributed by atoms with van der Waals surface area (Å²) >= 11 is 6.06. The van der Waals surface area contributed by atoms with E-state index in [9.17, 15) is 4.79 Å². The quantitative estimate of drug-likeness (QED) is 0.516. The molecule has 1 aromatic heterocycles. The van der Waals surface area contributed by atoms with Crippen molar-refractivity contribution >= 4 is 34.4 Å². The minimum atomic E-state index is 0.344. The van der Waals surface area contributed by atoms with Crippen LogP contribution in [0.15, 0.2) is 41.4 Å². The molecule has 116 valence electrons. The van der Waals surface area contributed by atoms with Crippen LogP contribution in [0, 0.1) is 0 Å². The molecule has 0 aliphatic heterocycles. The van der Waals surface area contributed by atoms with Crippen molar-refractivity contribution in [2.75, 3.05) is 0 Å². The number of rotatable bonds is 5. The lowest BCUT2D eigenvalue weighted by Gasteiger charge is -2.02. The number of halogens is 1. The molecule has 2 aromatic carbocycles. The Morgan fingerprint density at radius 3 is 2.52 bits per heavy atom. The van der Waals surface area contributed by atoms with E-state index in [4.69, 9.17) is 11.6 Å². The molecule has 6 heteroatoms. The summed E-state index contributed by atoms with van der Waals surface area (Å²) in [5.74, 6) is 0. The van der Waals surface area contributed by atoms with E-state index < -0.39 is 0 Å². The maximum absolute atomic E-state index is 10.4. The number of isocyanates is 1. The number of aromatic nitrogens is 3. The van der Waals surface area contributed by atoms with Crippen molar-refractivity contribution in [3.05, 3.63) is 47.0 Å². The molecule has 0 bridgehead atoms. The Morgan fingerprint density at radius 1 is 1.17 bits per heavy atom. The highest BCUT2D eigenvalue weighted by Crippen LogP contribution is 2.28. The molecule has 1 heterocycles. The molecule has 23 heavy (non-hydrogen) atoms. The summed E-state index contributed by atoms with van der Waals surface area (Å²) in [6.45, 7) is 2.18. The molecular weight excluding hydrogens is 312 g/mol. The number of unbranched alkanes of at least 4 members (excludes halogenated alkanes) is 1. The van der Waals surface area contributed by atoms with Gasteiger partial charge >= 0.3 is 0 Å². The lowest BCUT2D eigenvalue weighted by atomic mass is 10.1. The number of hydrogen-bond acceptors (Lipinski definition) is 4. The van der Waals surface area contributed by atoms with Crippen LogP contribution in [0.3, 0.4) is 0 Å². The predicted octanol–water partition coefficient (Wildman–Crippen LogP) is 4.38. The van der Waals surface area contributed by atoms with Gasteiger partial charge in [0.05, 0.1) is 16.4 Å². The number of hydrogen-bond donors (Lipinski definition) is 0. The summed E-state index contributed by atoms with van der Waals surface area (Å²) in [5, 5.41) is 9.18. The van der Waals surface area contributed by atoms with Gasteiger partial charge in [-0.2, -0.15) is 9.79 Å². The first kappa shape index (κ1) is 15.4. The van der Waals surface area contributed by atoms with Crippen LogP contribution in [0.5, 0.6) is 0 Å². The standard InChI is InChI=1S/C17H15ClN4O/c1-2-3-4-12-5-7-13(8-6-12)22-20-16-9-14(18)15(19-11-23)10-17(16)21-22/h5-10H,2-4H2,1H3. The molecule has 3 aromatic rings. The lowest BCUT2D eigenvalue weighted by molar-refractivity contribution is 0.565. The summed E-state index contributed by atoms with van der Waals surface area (Å²) in [7, 11) is 0. The maximum atomic E-state index is 10.4. The van der Waals surface area contributed by atoms with E-state index in [0.29, 0.717) is 21.7 Å². The lowest BCUT2D eigenvalue weighted by Crippen LogP contribution is -1.98. The van der Waals surface area contributed by atoms with Crippen LogP contribution in [0.2, 0.25) is 5.02 Å². The third kappa shape index (κ3) is 3.31. The van der Waals surface area contributed by atoms with Crippen molar-refractivity contribution in [2.24, 2.45) is 4.99 Å². The Hall–Kier alpha value is -2.49. The fraction of sp³-hybridized carbons (Fsp3) is 0.235. The van der Waals surface area contributed by atoms with Crippen molar-refractivity contribution < 1.29 is 4.79 Å². The normalized spacial score (nSPS) is 10.7. The topological polar surface area (TPSA) is 60.1 Å². The largest absolute Gasteiger partial charge is 0.240 e. The molecule has 0 N–H and O–H groups in total. The van der Waals surface area contributed by atoms with E-state index in [1.165, 1.54) is 24.5 Å². The second-order valence-electron chi connectivity index (χ2n) is 5.25. The summed E-state index contributed by atoms with van der Waals surface area (Å²) in [6.07, 6.45) is 4.93. The van der Waals surface area contributed by atoms with Gasteiger partial charge in [-0.3, -0.25) is 0 Å². The fourth-order valence-corrected chi connectivity index (χ4v) is 2.55. The van der Waals surface area contributed by atoms with E-state index in [0.717, 1.165) is 12.1 Å². The molecule has 3 rings (SSSR count). The highest BCUT2D eigenvalue weighted by molar-refractivity contribution is 6.33. The molecular formula is C17H15ClN4O. The Balaban J connectivity index is 1.95. The maximum Gasteiger partial charge on any atom is 0.240 e.